The summed E-state index contributed by atoms with van der Waals surface area (Å²) < 4.78 is 6.43. The molecule has 1 aromatic carbocycles. The van der Waals surface area contributed by atoms with Crippen molar-refractivity contribution in [1.29, 1.82) is 0 Å². The normalized spacial score (nSPS) is 14.4. The Bertz CT molecular complexity index is 600. The second-order valence-electron chi connectivity index (χ2n) is 4.55. The molecule has 3 nitrogen and oxygen atoms in total. The lowest BCUT2D eigenvalue weighted by Gasteiger charge is -2.10. The molecule has 94 valence electrons. The third kappa shape index (κ3) is 2.08. The third-order valence-electron chi connectivity index (χ3n) is 3.29. The molecule has 0 bridgehead atoms. The number of carboxylic acid groups (broad SMARTS) is 1. The molecule has 1 N–H and O–H groups in total. The molecule has 1 aliphatic carbocycles. The van der Waals surface area contributed by atoms with Crippen LogP contribution in [0.25, 0.3) is 10.1 Å². The average Bonchev–Trinajstić information content (AvgIpc) is 2.73. The molecule has 0 saturated carbocycles. The van der Waals surface area contributed by atoms with Crippen LogP contribution < -0.4 is 4.74 Å². The molecule has 2 aromatic rings. The summed E-state index contributed by atoms with van der Waals surface area (Å²) in [4.78, 5) is 12.0. The number of aryl methyl sites for hydroxylation is 2. The van der Waals surface area contributed by atoms with Crippen molar-refractivity contribution >= 4 is 27.4 Å². The summed E-state index contributed by atoms with van der Waals surface area (Å²) >= 11 is 1.82. The number of carbonyl (C=O) groups is 1. The summed E-state index contributed by atoms with van der Waals surface area (Å²) in [6.45, 7) is -0.281. The van der Waals surface area contributed by atoms with Gasteiger partial charge in [-0.2, -0.15) is 0 Å². The van der Waals surface area contributed by atoms with Crippen molar-refractivity contribution < 1.29 is 14.6 Å². The minimum atomic E-state index is -0.944. The molecule has 1 aliphatic rings. The molecular weight excluding hydrogens is 248 g/mol. The van der Waals surface area contributed by atoms with Gasteiger partial charge in [-0.15, -0.1) is 11.3 Å². The highest BCUT2D eigenvalue weighted by atomic mass is 32.1. The van der Waals surface area contributed by atoms with E-state index < -0.39 is 5.97 Å². The topological polar surface area (TPSA) is 46.5 Å². The average molecular weight is 262 g/mol. The first-order valence-electron chi connectivity index (χ1n) is 6.13. The summed E-state index contributed by atoms with van der Waals surface area (Å²) in [5, 5.41) is 9.92. The molecule has 0 saturated heterocycles. The summed E-state index contributed by atoms with van der Waals surface area (Å²) in [5.74, 6) is -0.302. The Morgan fingerprint density at radius 1 is 1.33 bits per heavy atom. The maximum Gasteiger partial charge on any atom is 0.341 e. The van der Waals surface area contributed by atoms with E-state index in [2.05, 4.69) is 6.07 Å². The first-order chi connectivity index (χ1) is 8.74. The number of rotatable bonds is 3. The molecular formula is C14H14O3S. The van der Waals surface area contributed by atoms with Crippen LogP contribution in [-0.2, 0) is 17.6 Å². The van der Waals surface area contributed by atoms with Crippen LogP contribution in [0.1, 0.15) is 23.3 Å². The van der Waals surface area contributed by atoms with Gasteiger partial charge in [0.15, 0.2) is 6.61 Å². The van der Waals surface area contributed by atoms with Gasteiger partial charge in [-0.05, 0) is 54.8 Å². The Hall–Kier alpha value is -1.55. The second-order valence-corrected chi connectivity index (χ2v) is 5.69. The van der Waals surface area contributed by atoms with Crippen molar-refractivity contribution in [2.45, 2.75) is 25.7 Å². The third-order valence-corrected chi connectivity index (χ3v) is 4.55. The molecule has 0 atom stereocenters. The van der Waals surface area contributed by atoms with Crippen molar-refractivity contribution in [3.8, 4) is 5.75 Å². The lowest BCUT2D eigenvalue weighted by molar-refractivity contribution is -0.139. The van der Waals surface area contributed by atoms with Crippen LogP contribution in [-0.4, -0.2) is 17.7 Å². The summed E-state index contributed by atoms with van der Waals surface area (Å²) in [7, 11) is 0. The van der Waals surface area contributed by atoms with Gasteiger partial charge in [0.05, 0.1) is 0 Å². The van der Waals surface area contributed by atoms with Crippen molar-refractivity contribution in [1.82, 2.24) is 0 Å². The minimum absolute atomic E-state index is 0.281. The first kappa shape index (κ1) is 11.5. The van der Waals surface area contributed by atoms with Gasteiger partial charge in [0.2, 0.25) is 0 Å². The van der Waals surface area contributed by atoms with Crippen LogP contribution in [0.3, 0.4) is 0 Å². The van der Waals surface area contributed by atoms with Gasteiger partial charge in [-0.1, -0.05) is 0 Å². The fourth-order valence-electron chi connectivity index (χ4n) is 2.48. The predicted octanol–water partition coefficient (Wildman–Crippen LogP) is 3.24. The van der Waals surface area contributed by atoms with Crippen LogP contribution in [0.2, 0.25) is 0 Å². The molecule has 0 spiro atoms. The summed E-state index contributed by atoms with van der Waals surface area (Å²) in [6, 6.07) is 5.89. The Balaban J connectivity index is 1.95. The van der Waals surface area contributed by atoms with Crippen LogP contribution >= 0.6 is 11.3 Å². The molecule has 0 radical (unpaired) electrons. The lowest BCUT2D eigenvalue weighted by atomic mass is 9.96. The Labute approximate surface area is 109 Å². The van der Waals surface area contributed by atoms with E-state index in [0.717, 1.165) is 0 Å². The molecule has 0 unspecified atom stereocenters. The second kappa shape index (κ2) is 4.61. The van der Waals surface area contributed by atoms with Gasteiger partial charge in [-0.3, -0.25) is 0 Å². The van der Waals surface area contributed by atoms with Crippen molar-refractivity contribution in [2.24, 2.45) is 0 Å². The van der Waals surface area contributed by atoms with Crippen LogP contribution in [0.5, 0.6) is 5.75 Å². The number of thiophene rings is 1. The summed E-state index contributed by atoms with van der Waals surface area (Å²) in [6.07, 6.45) is 4.91. The zero-order valence-corrected chi connectivity index (χ0v) is 10.8. The van der Waals surface area contributed by atoms with Crippen molar-refractivity contribution in [2.75, 3.05) is 6.61 Å². The Morgan fingerprint density at radius 2 is 2.17 bits per heavy atom. The van der Waals surface area contributed by atoms with Gasteiger partial charge in [0.1, 0.15) is 5.75 Å². The molecule has 1 heterocycles. The molecule has 1 aromatic heterocycles. The fraction of sp³-hybridized carbons (Fsp3) is 0.357. The molecule has 0 fully saturated rings. The zero-order valence-electron chi connectivity index (χ0n) is 9.94. The van der Waals surface area contributed by atoms with Gasteiger partial charge >= 0.3 is 5.97 Å². The van der Waals surface area contributed by atoms with E-state index >= 15 is 0 Å². The molecule has 0 aliphatic heterocycles. The largest absolute Gasteiger partial charge is 0.482 e. The van der Waals surface area contributed by atoms with E-state index in [1.54, 1.807) is 0 Å². The minimum Gasteiger partial charge on any atom is -0.482 e. The van der Waals surface area contributed by atoms with Gasteiger partial charge in [0, 0.05) is 9.58 Å². The van der Waals surface area contributed by atoms with Crippen LogP contribution in [0, 0.1) is 0 Å². The maximum atomic E-state index is 10.5. The van der Waals surface area contributed by atoms with E-state index in [9.17, 15) is 4.79 Å². The van der Waals surface area contributed by atoms with Gasteiger partial charge in [0.25, 0.3) is 0 Å². The number of fused-ring (bicyclic) bond motifs is 3. The molecule has 18 heavy (non-hydrogen) atoms. The number of aliphatic carboxylic acids is 1. The zero-order chi connectivity index (χ0) is 12.5. The number of hydrogen-bond donors (Lipinski definition) is 1. The highest BCUT2D eigenvalue weighted by Crippen LogP contribution is 2.37. The number of benzene rings is 1. The van der Waals surface area contributed by atoms with E-state index in [-0.39, 0.29) is 6.61 Å². The highest BCUT2D eigenvalue weighted by molar-refractivity contribution is 7.19. The van der Waals surface area contributed by atoms with Gasteiger partial charge in [-0.25, -0.2) is 4.79 Å². The molecule has 4 heteroatoms. The van der Waals surface area contributed by atoms with E-state index in [4.69, 9.17) is 9.84 Å². The molecule has 0 amide bonds. The van der Waals surface area contributed by atoms with Crippen molar-refractivity contribution in [3.63, 3.8) is 0 Å². The number of ether oxygens (including phenoxy) is 1. The monoisotopic (exact) mass is 262 g/mol. The number of carboxylic acids is 1. The Kier molecular flexibility index (Phi) is 2.96. The predicted molar refractivity (Wildman–Crippen MR) is 71.6 cm³/mol. The van der Waals surface area contributed by atoms with E-state index in [1.165, 1.54) is 46.2 Å². The summed E-state index contributed by atoms with van der Waals surface area (Å²) in [5.41, 5.74) is 1.49. The van der Waals surface area contributed by atoms with Crippen molar-refractivity contribution in [3.05, 3.63) is 28.6 Å². The quantitative estimate of drug-likeness (QED) is 0.923. The maximum absolute atomic E-state index is 10.5. The number of hydrogen-bond acceptors (Lipinski definition) is 3. The Morgan fingerprint density at radius 3 is 3.00 bits per heavy atom. The first-order valence-corrected chi connectivity index (χ1v) is 6.94. The highest BCUT2D eigenvalue weighted by Gasteiger charge is 2.16. The standard InChI is InChI=1S/C14H14O3S/c15-14(16)8-17-9-5-6-11-10-3-1-2-4-12(10)18-13(11)7-9/h5-7H,1-4,8H2,(H,15,16). The lowest BCUT2D eigenvalue weighted by Crippen LogP contribution is -2.09. The smallest absolute Gasteiger partial charge is 0.341 e. The molecule has 3 rings (SSSR count). The van der Waals surface area contributed by atoms with E-state index in [0.29, 0.717) is 5.75 Å². The SMILES string of the molecule is O=C(O)COc1ccc2c3c(sc2c1)CCCC3. The van der Waals surface area contributed by atoms with Crippen LogP contribution in [0.4, 0.5) is 0 Å². The van der Waals surface area contributed by atoms with E-state index in [1.807, 2.05) is 23.5 Å². The fourth-order valence-corrected chi connectivity index (χ4v) is 3.80. The van der Waals surface area contributed by atoms with Crippen LogP contribution in [0.15, 0.2) is 18.2 Å². The van der Waals surface area contributed by atoms with Gasteiger partial charge < -0.3 is 9.84 Å².